The quantitative estimate of drug-likeness (QED) is 0.605. The lowest BCUT2D eigenvalue weighted by Gasteiger charge is -2.06. The third kappa shape index (κ3) is 6.37. The zero-order valence-corrected chi connectivity index (χ0v) is 9.23. The van der Waals surface area contributed by atoms with Gasteiger partial charge in [-0.3, -0.25) is 0 Å². The van der Waals surface area contributed by atoms with Crippen molar-refractivity contribution in [1.29, 1.82) is 0 Å². The monoisotopic (exact) mass is 228 g/mol. The molecular formula is C12H17FO3. The summed E-state index contributed by atoms with van der Waals surface area (Å²) >= 11 is 0. The summed E-state index contributed by atoms with van der Waals surface area (Å²) in [6.45, 7) is 1.61. The highest BCUT2D eigenvalue weighted by Gasteiger charge is 1.92. The third-order valence-electron chi connectivity index (χ3n) is 1.83. The van der Waals surface area contributed by atoms with E-state index in [1.807, 2.05) is 30.3 Å². The maximum absolute atomic E-state index is 11.6. The Balaban J connectivity index is 1.89. The molecule has 0 heterocycles. The fourth-order valence-electron chi connectivity index (χ4n) is 1.11. The molecule has 0 unspecified atom stereocenters. The third-order valence-corrected chi connectivity index (χ3v) is 1.83. The van der Waals surface area contributed by atoms with Gasteiger partial charge in [0.05, 0.1) is 26.4 Å². The van der Waals surface area contributed by atoms with Gasteiger partial charge in [0.25, 0.3) is 0 Å². The normalized spacial score (nSPS) is 10.3. The SMILES string of the molecule is FCCOCCOCCOc1ccccc1. The molecule has 0 amide bonds. The lowest BCUT2D eigenvalue weighted by atomic mass is 10.3. The van der Waals surface area contributed by atoms with E-state index >= 15 is 0 Å². The van der Waals surface area contributed by atoms with E-state index in [0.717, 1.165) is 5.75 Å². The molecule has 0 aliphatic rings. The van der Waals surface area contributed by atoms with Gasteiger partial charge in [-0.05, 0) is 12.1 Å². The topological polar surface area (TPSA) is 27.7 Å². The fraction of sp³-hybridized carbons (Fsp3) is 0.500. The van der Waals surface area contributed by atoms with E-state index in [-0.39, 0.29) is 6.61 Å². The average Bonchev–Trinajstić information content (AvgIpc) is 2.34. The van der Waals surface area contributed by atoms with Gasteiger partial charge >= 0.3 is 0 Å². The molecule has 90 valence electrons. The molecule has 0 bridgehead atoms. The predicted molar refractivity (Wildman–Crippen MR) is 59.6 cm³/mol. The number of rotatable bonds is 9. The Morgan fingerprint density at radius 3 is 2.12 bits per heavy atom. The molecule has 0 saturated heterocycles. The van der Waals surface area contributed by atoms with Crippen LogP contribution < -0.4 is 4.74 Å². The summed E-state index contributed by atoms with van der Waals surface area (Å²) in [5, 5.41) is 0. The lowest BCUT2D eigenvalue weighted by Crippen LogP contribution is -2.11. The van der Waals surface area contributed by atoms with Crippen LogP contribution >= 0.6 is 0 Å². The van der Waals surface area contributed by atoms with Crippen molar-refractivity contribution in [3.63, 3.8) is 0 Å². The predicted octanol–water partition coefficient (Wildman–Crippen LogP) is 2.07. The number of ether oxygens (including phenoxy) is 3. The minimum atomic E-state index is -0.447. The van der Waals surface area contributed by atoms with Gasteiger partial charge in [0.15, 0.2) is 0 Å². The molecule has 0 atom stereocenters. The summed E-state index contributed by atoms with van der Waals surface area (Å²) in [6.07, 6.45) is 0. The van der Waals surface area contributed by atoms with Gasteiger partial charge in [-0.2, -0.15) is 0 Å². The van der Waals surface area contributed by atoms with Crippen molar-refractivity contribution in [3.8, 4) is 5.75 Å². The van der Waals surface area contributed by atoms with Crippen LogP contribution in [0.2, 0.25) is 0 Å². The van der Waals surface area contributed by atoms with Crippen LogP contribution in [0, 0.1) is 0 Å². The van der Waals surface area contributed by atoms with Gasteiger partial charge in [0, 0.05) is 0 Å². The van der Waals surface area contributed by atoms with E-state index < -0.39 is 6.67 Å². The van der Waals surface area contributed by atoms with Crippen LogP contribution in [0.4, 0.5) is 4.39 Å². The maximum atomic E-state index is 11.6. The zero-order valence-electron chi connectivity index (χ0n) is 9.23. The van der Waals surface area contributed by atoms with Crippen LogP contribution in [-0.4, -0.2) is 39.7 Å². The van der Waals surface area contributed by atoms with Gasteiger partial charge in [-0.15, -0.1) is 0 Å². The van der Waals surface area contributed by atoms with E-state index in [4.69, 9.17) is 14.2 Å². The Morgan fingerprint density at radius 1 is 0.812 bits per heavy atom. The molecule has 1 rings (SSSR count). The Labute approximate surface area is 95.1 Å². The summed E-state index contributed by atoms with van der Waals surface area (Å²) in [5.74, 6) is 0.833. The number of halogens is 1. The second-order valence-corrected chi connectivity index (χ2v) is 3.08. The van der Waals surface area contributed by atoms with Crippen molar-refractivity contribution in [2.75, 3.05) is 39.7 Å². The molecule has 0 aliphatic carbocycles. The van der Waals surface area contributed by atoms with E-state index in [9.17, 15) is 4.39 Å². The largest absolute Gasteiger partial charge is 0.491 e. The number of benzene rings is 1. The number of para-hydroxylation sites is 1. The molecule has 0 fully saturated rings. The van der Waals surface area contributed by atoms with Crippen molar-refractivity contribution in [2.24, 2.45) is 0 Å². The first kappa shape index (κ1) is 12.9. The standard InChI is InChI=1S/C12H17FO3/c13-6-7-14-8-9-15-10-11-16-12-4-2-1-3-5-12/h1-5H,6-11H2. The molecule has 1 aromatic carbocycles. The summed E-state index contributed by atoms with van der Waals surface area (Å²) in [6, 6.07) is 9.56. The van der Waals surface area contributed by atoms with Gasteiger partial charge < -0.3 is 14.2 Å². The highest BCUT2D eigenvalue weighted by molar-refractivity contribution is 5.20. The molecule has 0 aromatic heterocycles. The minimum absolute atomic E-state index is 0.143. The Hall–Kier alpha value is -1.13. The number of hydrogen-bond acceptors (Lipinski definition) is 3. The van der Waals surface area contributed by atoms with Gasteiger partial charge in [0.1, 0.15) is 19.0 Å². The van der Waals surface area contributed by atoms with Crippen LogP contribution in [0.25, 0.3) is 0 Å². The summed E-state index contributed by atoms with van der Waals surface area (Å²) in [7, 11) is 0. The smallest absolute Gasteiger partial charge is 0.119 e. The summed E-state index contributed by atoms with van der Waals surface area (Å²) in [5.41, 5.74) is 0. The van der Waals surface area contributed by atoms with Crippen molar-refractivity contribution >= 4 is 0 Å². The highest BCUT2D eigenvalue weighted by Crippen LogP contribution is 2.07. The van der Waals surface area contributed by atoms with Crippen molar-refractivity contribution in [2.45, 2.75) is 0 Å². The van der Waals surface area contributed by atoms with Crippen molar-refractivity contribution in [3.05, 3.63) is 30.3 Å². The van der Waals surface area contributed by atoms with Gasteiger partial charge in [0.2, 0.25) is 0 Å². The summed E-state index contributed by atoms with van der Waals surface area (Å²) < 4.78 is 27.2. The van der Waals surface area contributed by atoms with E-state index in [2.05, 4.69) is 0 Å². The Bertz CT molecular complexity index is 254. The first-order valence-corrected chi connectivity index (χ1v) is 5.33. The highest BCUT2D eigenvalue weighted by atomic mass is 19.1. The molecule has 0 radical (unpaired) electrons. The van der Waals surface area contributed by atoms with E-state index in [1.54, 1.807) is 0 Å². The van der Waals surface area contributed by atoms with Gasteiger partial charge in [-0.25, -0.2) is 4.39 Å². The van der Waals surface area contributed by atoms with Crippen LogP contribution in [-0.2, 0) is 9.47 Å². The van der Waals surface area contributed by atoms with Gasteiger partial charge in [-0.1, -0.05) is 18.2 Å². The lowest BCUT2D eigenvalue weighted by molar-refractivity contribution is 0.0325. The molecule has 0 saturated carbocycles. The van der Waals surface area contributed by atoms with Crippen LogP contribution in [0.3, 0.4) is 0 Å². The summed E-state index contributed by atoms with van der Waals surface area (Å²) in [4.78, 5) is 0. The minimum Gasteiger partial charge on any atom is -0.491 e. The average molecular weight is 228 g/mol. The Kier molecular flexibility index (Phi) is 7.38. The first-order chi connectivity index (χ1) is 7.93. The maximum Gasteiger partial charge on any atom is 0.119 e. The second-order valence-electron chi connectivity index (χ2n) is 3.08. The van der Waals surface area contributed by atoms with E-state index in [1.165, 1.54) is 0 Å². The Morgan fingerprint density at radius 2 is 1.44 bits per heavy atom. The molecule has 0 aliphatic heterocycles. The number of hydrogen-bond donors (Lipinski definition) is 0. The molecule has 1 aromatic rings. The molecule has 16 heavy (non-hydrogen) atoms. The second kappa shape index (κ2) is 9.12. The fourth-order valence-corrected chi connectivity index (χ4v) is 1.11. The number of alkyl halides is 1. The molecule has 3 nitrogen and oxygen atoms in total. The van der Waals surface area contributed by atoms with E-state index in [0.29, 0.717) is 26.4 Å². The van der Waals surface area contributed by atoms with Crippen LogP contribution in [0.5, 0.6) is 5.75 Å². The van der Waals surface area contributed by atoms with Crippen LogP contribution in [0.15, 0.2) is 30.3 Å². The molecule has 0 N–H and O–H groups in total. The molecule has 4 heteroatoms. The van der Waals surface area contributed by atoms with Crippen molar-refractivity contribution in [1.82, 2.24) is 0 Å². The molecular weight excluding hydrogens is 211 g/mol. The van der Waals surface area contributed by atoms with Crippen molar-refractivity contribution < 1.29 is 18.6 Å². The first-order valence-electron chi connectivity index (χ1n) is 5.33. The molecule has 0 spiro atoms. The van der Waals surface area contributed by atoms with Crippen LogP contribution in [0.1, 0.15) is 0 Å². The zero-order chi connectivity index (χ0) is 11.5.